The molecule has 84 valence electrons. The third kappa shape index (κ3) is 6.69. The summed E-state index contributed by atoms with van der Waals surface area (Å²) < 4.78 is 0. The topological polar surface area (TPSA) is 55.1 Å². The van der Waals surface area contributed by atoms with Gasteiger partial charge in [-0.15, -0.1) is 0 Å². The standard InChI is InChI=1S/C12H20N2O/c1-4-6-11(5-2)7-10(3)9-14-12(15)8-13/h4-7H,8-9,13H2,1-3H3,(H,14,15)/b6-4-,10-7+,11-5+. The normalized spacial score (nSPS) is 13.3. The lowest BCUT2D eigenvalue weighted by atomic mass is 10.1. The molecular formula is C12H20N2O. The molecule has 0 aromatic heterocycles. The summed E-state index contributed by atoms with van der Waals surface area (Å²) in [6.07, 6.45) is 8.07. The SMILES string of the molecule is C\C=C/C(=C\C)/C=C(\C)CNC(=O)CN. The van der Waals surface area contributed by atoms with Gasteiger partial charge in [-0.1, -0.05) is 29.9 Å². The second-order valence-electron chi connectivity index (χ2n) is 3.26. The van der Waals surface area contributed by atoms with E-state index < -0.39 is 0 Å². The van der Waals surface area contributed by atoms with Crippen LogP contribution in [-0.2, 0) is 4.79 Å². The molecule has 0 spiro atoms. The Morgan fingerprint density at radius 1 is 1.40 bits per heavy atom. The summed E-state index contributed by atoms with van der Waals surface area (Å²) in [7, 11) is 0. The second kappa shape index (κ2) is 8.00. The maximum Gasteiger partial charge on any atom is 0.233 e. The lowest BCUT2D eigenvalue weighted by Gasteiger charge is -2.04. The van der Waals surface area contributed by atoms with Crippen LogP contribution in [0.5, 0.6) is 0 Å². The number of allylic oxidation sites excluding steroid dienone is 5. The molecule has 3 nitrogen and oxygen atoms in total. The van der Waals surface area contributed by atoms with Gasteiger partial charge in [0.25, 0.3) is 0 Å². The summed E-state index contributed by atoms with van der Waals surface area (Å²) in [6.45, 7) is 6.52. The molecule has 0 heterocycles. The number of hydrogen-bond donors (Lipinski definition) is 2. The highest BCUT2D eigenvalue weighted by Crippen LogP contribution is 2.03. The maximum absolute atomic E-state index is 10.9. The van der Waals surface area contributed by atoms with Gasteiger partial charge in [0, 0.05) is 6.54 Å². The fourth-order valence-corrected chi connectivity index (χ4v) is 1.07. The average Bonchev–Trinajstić information content (AvgIpc) is 2.25. The fraction of sp³-hybridized carbons (Fsp3) is 0.417. The van der Waals surface area contributed by atoms with Gasteiger partial charge in [-0.2, -0.15) is 0 Å². The quantitative estimate of drug-likeness (QED) is 0.673. The van der Waals surface area contributed by atoms with Crippen molar-refractivity contribution in [3.63, 3.8) is 0 Å². The Bertz CT molecular complexity index is 288. The predicted octanol–water partition coefficient (Wildman–Crippen LogP) is 1.53. The third-order valence-corrected chi connectivity index (χ3v) is 1.86. The molecule has 3 N–H and O–H groups in total. The van der Waals surface area contributed by atoms with Crippen LogP contribution in [0.4, 0.5) is 0 Å². The van der Waals surface area contributed by atoms with E-state index in [1.807, 2.05) is 45.1 Å². The molecule has 3 heteroatoms. The number of carbonyl (C=O) groups excluding carboxylic acids is 1. The van der Waals surface area contributed by atoms with Crippen LogP contribution in [0.15, 0.2) is 35.5 Å². The van der Waals surface area contributed by atoms with Gasteiger partial charge in [0.05, 0.1) is 6.54 Å². The molecule has 0 aliphatic carbocycles. The highest BCUT2D eigenvalue weighted by atomic mass is 16.1. The van der Waals surface area contributed by atoms with Crippen LogP contribution in [-0.4, -0.2) is 19.0 Å². The van der Waals surface area contributed by atoms with E-state index in [0.717, 1.165) is 11.1 Å². The largest absolute Gasteiger partial charge is 0.351 e. The Hall–Kier alpha value is -1.35. The van der Waals surface area contributed by atoms with Crippen LogP contribution in [0.1, 0.15) is 20.8 Å². The van der Waals surface area contributed by atoms with Gasteiger partial charge < -0.3 is 11.1 Å². The predicted molar refractivity (Wildman–Crippen MR) is 64.4 cm³/mol. The summed E-state index contributed by atoms with van der Waals surface area (Å²) in [5.74, 6) is -0.129. The molecule has 0 aromatic carbocycles. The second-order valence-corrected chi connectivity index (χ2v) is 3.26. The first-order valence-corrected chi connectivity index (χ1v) is 5.07. The summed E-state index contributed by atoms with van der Waals surface area (Å²) in [5.41, 5.74) is 7.42. The molecule has 1 amide bonds. The number of carbonyl (C=O) groups is 1. The zero-order valence-electron chi connectivity index (χ0n) is 9.71. The number of amides is 1. The Morgan fingerprint density at radius 2 is 2.07 bits per heavy atom. The van der Waals surface area contributed by atoms with Crippen LogP contribution >= 0.6 is 0 Å². The van der Waals surface area contributed by atoms with Crippen molar-refractivity contribution < 1.29 is 4.79 Å². The monoisotopic (exact) mass is 208 g/mol. The van der Waals surface area contributed by atoms with Crippen molar-refractivity contribution in [2.24, 2.45) is 5.73 Å². The van der Waals surface area contributed by atoms with Crippen LogP contribution in [0.25, 0.3) is 0 Å². The highest BCUT2D eigenvalue weighted by Gasteiger charge is 1.96. The third-order valence-electron chi connectivity index (χ3n) is 1.86. The molecule has 0 bridgehead atoms. The van der Waals surface area contributed by atoms with E-state index in [4.69, 9.17) is 5.73 Å². The minimum absolute atomic E-state index is 0.0403. The van der Waals surface area contributed by atoms with Crippen molar-refractivity contribution in [2.75, 3.05) is 13.1 Å². The van der Waals surface area contributed by atoms with Crippen molar-refractivity contribution in [3.05, 3.63) is 35.5 Å². The van der Waals surface area contributed by atoms with Crippen molar-refractivity contribution in [3.8, 4) is 0 Å². The Labute approximate surface area is 91.7 Å². The van der Waals surface area contributed by atoms with Gasteiger partial charge in [-0.3, -0.25) is 4.79 Å². The van der Waals surface area contributed by atoms with Gasteiger partial charge in [0.15, 0.2) is 0 Å². The smallest absolute Gasteiger partial charge is 0.233 e. The van der Waals surface area contributed by atoms with E-state index in [1.165, 1.54) is 0 Å². The molecule has 0 saturated carbocycles. The molecule has 0 aromatic rings. The van der Waals surface area contributed by atoms with Gasteiger partial charge in [0.2, 0.25) is 5.91 Å². The molecule has 0 saturated heterocycles. The lowest BCUT2D eigenvalue weighted by molar-refractivity contribution is -0.119. The van der Waals surface area contributed by atoms with E-state index >= 15 is 0 Å². The molecule has 15 heavy (non-hydrogen) atoms. The van der Waals surface area contributed by atoms with Gasteiger partial charge >= 0.3 is 0 Å². The van der Waals surface area contributed by atoms with Crippen LogP contribution < -0.4 is 11.1 Å². The summed E-state index contributed by atoms with van der Waals surface area (Å²) in [6, 6.07) is 0. The zero-order valence-corrected chi connectivity index (χ0v) is 9.71. The zero-order chi connectivity index (χ0) is 11.7. The Balaban J connectivity index is 4.24. The molecule has 0 rings (SSSR count). The lowest BCUT2D eigenvalue weighted by Crippen LogP contribution is -2.31. The molecule has 0 fully saturated rings. The van der Waals surface area contributed by atoms with E-state index in [2.05, 4.69) is 5.32 Å². The first kappa shape index (κ1) is 13.7. The number of nitrogens with two attached hydrogens (primary N) is 1. The minimum Gasteiger partial charge on any atom is -0.351 e. The Morgan fingerprint density at radius 3 is 2.53 bits per heavy atom. The van der Waals surface area contributed by atoms with Crippen LogP contribution in [0.3, 0.4) is 0 Å². The highest BCUT2D eigenvalue weighted by molar-refractivity contribution is 5.77. The number of hydrogen-bond acceptors (Lipinski definition) is 2. The summed E-state index contributed by atoms with van der Waals surface area (Å²) >= 11 is 0. The van der Waals surface area contributed by atoms with Crippen LogP contribution in [0, 0.1) is 0 Å². The van der Waals surface area contributed by atoms with E-state index in [9.17, 15) is 4.79 Å². The molecular weight excluding hydrogens is 188 g/mol. The van der Waals surface area contributed by atoms with Gasteiger partial charge in [-0.05, 0) is 26.3 Å². The van der Waals surface area contributed by atoms with Gasteiger partial charge in [0.1, 0.15) is 0 Å². The fourth-order valence-electron chi connectivity index (χ4n) is 1.07. The van der Waals surface area contributed by atoms with Gasteiger partial charge in [-0.25, -0.2) is 0 Å². The first-order chi connectivity index (χ1) is 7.13. The van der Waals surface area contributed by atoms with E-state index in [0.29, 0.717) is 6.54 Å². The van der Waals surface area contributed by atoms with Crippen LogP contribution in [0.2, 0.25) is 0 Å². The molecule has 0 atom stereocenters. The van der Waals surface area contributed by atoms with Crippen molar-refractivity contribution in [1.29, 1.82) is 0 Å². The maximum atomic E-state index is 10.9. The van der Waals surface area contributed by atoms with E-state index in [1.54, 1.807) is 0 Å². The molecule has 0 radical (unpaired) electrons. The number of rotatable bonds is 5. The molecule has 0 unspecified atom stereocenters. The molecule has 0 aliphatic rings. The summed E-state index contributed by atoms with van der Waals surface area (Å²) in [4.78, 5) is 10.9. The summed E-state index contributed by atoms with van der Waals surface area (Å²) in [5, 5.41) is 2.72. The average molecular weight is 208 g/mol. The van der Waals surface area contributed by atoms with E-state index in [-0.39, 0.29) is 12.5 Å². The van der Waals surface area contributed by atoms with Crippen molar-refractivity contribution >= 4 is 5.91 Å². The number of nitrogens with one attached hydrogen (secondary N) is 1. The van der Waals surface area contributed by atoms with Crippen molar-refractivity contribution in [1.82, 2.24) is 5.32 Å². The minimum atomic E-state index is -0.129. The first-order valence-electron chi connectivity index (χ1n) is 5.07. The molecule has 0 aliphatic heterocycles. The van der Waals surface area contributed by atoms with Crippen molar-refractivity contribution in [2.45, 2.75) is 20.8 Å². The Kier molecular flexibility index (Phi) is 7.28.